The van der Waals surface area contributed by atoms with E-state index in [-0.39, 0.29) is 17.8 Å². The number of aromatic nitrogens is 2. The highest BCUT2D eigenvalue weighted by molar-refractivity contribution is 5.76. The lowest BCUT2D eigenvalue weighted by molar-refractivity contribution is 0.108. The predicted molar refractivity (Wildman–Crippen MR) is 116 cm³/mol. The summed E-state index contributed by atoms with van der Waals surface area (Å²) in [6.07, 6.45) is 0.288. The van der Waals surface area contributed by atoms with Crippen molar-refractivity contribution in [3.05, 3.63) is 64.1 Å². The molecule has 0 aliphatic heterocycles. The maximum Gasteiger partial charge on any atom is 0.328 e. The van der Waals surface area contributed by atoms with Gasteiger partial charge in [0.05, 0.1) is 11.0 Å². The molecule has 0 unspecified atom stereocenters. The summed E-state index contributed by atoms with van der Waals surface area (Å²) in [6.45, 7) is 7.50. The van der Waals surface area contributed by atoms with Gasteiger partial charge >= 0.3 is 5.69 Å². The fourth-order valence-electron chi connectivity index (χ4n) is 3.17. The van der Waals surface area contributed by atoms with E-state index in [1.54, 1.807) is 23.2 Å². The average Bonchev–Trinajstić information content (AvgIpc) is 2.95. The molecule has 0 fully saturated rings. The first-order valence-electron chi connectivity index (χ1n) is 10.0. The van der Waals surface area contributed by atoms with Gasteiger partial charge in [0.1, 0.15) is 18.5 Å². The van der Waals surface area contributed by atoms with Gasteiger partial charge in [0.15, 0.2) is 0 Å². The van der Waals surface area contributed by atoms with E-state index in [0.29, 0.717) is 0 Å². The maximum absolute atomic E-state index is 12.1. The van der Waals surface area contributed by atoms with Crippen LogP contribution in [0.4, 0.5) is 0 Å². The minimum Gasteiger partial charge on any atom is -0.491 e. The van der Waals surface area contributed by atoms with Crippen molar-refractivity contribution in [1.82, 2.24) is 14.5 Å². The Kier molecular flexibility index (Phi) is 6.15. The smallest absolute Gasteiger partial charge is 0.328 e. The van der Waals surface area contributed by atoms with Crippen molar-refractivity contribution < 1.29 is 9.84 Å². The zero-order valence-electron chi connectivity index (χ0n) is 17.9. The largest absolute Gasteiger partial charge is 0.491 e. The molecule has 2 N–H and O–H groups in total. The molecule has 0 radical (unpaired) electrons. The average molecular weight is 398 g/mol. The van der Waals surface area contributed by atoms with Gasteiger partial charge in [0.25, 0.3) is 0 Å². The Hall–Kier alpha value is -2.57. The van der Waals surface area contributed by atoms with E-state index in [2.05, 4.69) is 26.1 Å². The summed E-state index contributed by atoms with van der Waals surface area (Å²) >= 11 is 0. The van der Waals surface area contributed by atoms with Crippen molar-refractivity contribution in [3.8, 4) is 5.75 Å². The lowest BCUT2D eigenvalue weighted by Gasteiger charge is -2.24. The molecule has 0 bridgehead atoms. The summed E-state index contributed by atoms with van der Waals surface area (Å²) in [5, 5.41) is 14.1. The van der Waals surface area contributed by atoms with Gasteiger partial charge in [0.2, 0.25) is 0 Å². The van der Waals surface area contributed by atoms with Gasteiger partial charge in [-0.1, -0.05) is 25.1 Å². The van der Waals surface area contributed by atoms with Crippen molar-refractivity contribution in [2.75, 3.05) is 6.61 Å². The summed E-state index contributed by atoms with van der Waals surface area (Å²) < 4.78 is 8.95. The van der Waals surface area contributed by atoms with Crippen molar-refractivity contribution in [2.24, 2.45) is 14.1 Å². The van der Waals surface area contributed by atoms with Crippen molar-refractivity contribution in [2.45, 2.75) is 45.4 Å². The molecule has 3 aromatic rings. The highest BCUT2D eigenvalue weighted by Crippen LogP contribution is 2.21. The monoisotopic (exact) mass is 397 g/mol. The minimum atomic E-state index is -0.776. The zero-order chi connectivity index (χ0) is 21.2. The lowest BCUT2D eigenvalue weighted by atomic mass is 10.0. The van der Waals surface area contributed by atoms with Gasteiger partial charge in [-0.2, -0.15) is 0 Å². The van der Waals surface area contributed by atoms with Gasteiger partial charge in [-0.15, -0.1) is 0 Å². The summed E-state index contributed by atoms with van der Waals surface area (Å²) in [7, 11) is 3.47. The standard InChI is InChI=1S/C23H31N3O3/c1-6-23(2,3)24-14-16-7-10-18(11-8-16)29-15-21(27)17-9-12-19-20(13-17)26(5)22(28)25(19)4/h7-13,21,24,27H,6,14-15H2,1-5H3/t21-/m0/s1. The fourth-order valence-corrected chi connectivity index (χ4v) is 3.17. The Morgan fingerprint density at radius 1 is 1.07 bits per heavy atom. The molecular formula is C23H31N3O3. The molecule has 1 heterocycles. The molecule has 2 aromatic carbocycles. The quantitative estimate of drug-likeness (QED) is 0.612. The minimum absolute atomic E-state index is 0.0835. The molecule has 0 amide bonds. The number of hydrogen-bond acceptors (Lipinski definition) is 4. The van der Waals surface area contributed by atoms with Gasteiger partial charge in [0, 0.05) is 26.2 Å². The summed E-state index contributed by atoms with van der Waals surface area (Å²) in [5.74, 6) is 0.718. The summed E-state index contributed by atoms with van der Waals surface area (Å²) in [4.78, 5) is 12.1. The molecule has 0 aliphatic carbocycles. The topological polar surface area (TPSA) is 68.4 Å². The third-order valence-corrected chi connectivity index (χ3v) is 5.67. The van der Waals surface area contributed by atoms with Gasteiger partial charge in [-0.25, -0.2) is 4.79 Å². The van der Waals surface area contributed by atoms with Crippen molar-refractivity contribution >= 4 is 11.0 Å². The number of nitrogens with one attached hydrogen (secondary N) is 1. The first kappa shape index (κ1) is 21.1. The maximum atomic E-state index is 12.1. The number of benzene rings is 2. The van der Waals surface area contributed by atoms with Gasteiger partial charge < -0.3 is 15.2 Å². The number of aliphatic hydroxyl groups is 1. The van der Waals surface area contributed by atoms with Crippen LogP contribution >= 0.6 is 0 Å². The van der Waals surface area contributed by atoms with Crippen molar-refractivity contribution in [1.29, 1.82) is 0 Å². The SMILES string of the molecule is CCC(C)(C)NCc1ccc(OC[C@H](O)c2ccc3c(c2)n(C)c(=O)n3C)cc1. The van der Waals surface area contributed by atoms with E-state index in [1.807, 2.05) is 42.5 Å². The van der Waals surface area contributed by atoms with E-state index in [1.165, 1.54) is 5.56 Å². The van der Waals surface area contributed by atoms with Crippen LogP contribution in [0.25, 0.3) is 11.0 Å². The van der Waals surface area contributed by atoms with Crippen LogP contribution in [0.1, 0.15) is 44.4 Å². The molecule has 1 atom stereocenters. The Labute approximate surface area is 171 Å². The van der Waals surface area contributed by atoms with E-state index in [4.69, 9.17) is 4.74 Å². The van der Waals surface area contributed by atoms with Gasteiger partial charge in [-0.3, -0.25) is 9.13 Å². The number of rotatable bonds is 8. The Morgan fingerprint density at radius 2 is 1.72 bits per heavy atom. The lowest BCUT2D eigenvalue weighted by Crippen LogP contribution is -2.37. The number of aryl methyl sites for hydroxylation is 2. The second kappa shape index (κ2) is 8.43. The first-order valence-corrected chi connectivity index (χ1v) is 10.0. The van der Waals surface area contributed by atoms with Crippen LogP contribution in [0.15, 0.2) is 47.3 Å². The molecule has 6 nitrogen and oxygen atoms in total. The normalized spacial score (nSPS) is 13.0. The molecule has 0 saturated carbocycles. The third kappa shape index (κ3) is 4.71. The third-order valence-electron chi connectivity index (χ3n) is 5.67. The predicted octanol–water partition coefficient (Wildman–Crippen LogP) is 3.27. The van der Waals surface area contributed by atoms with Crippen LogP contribution in [0.5, 0.6) is 5.75 Å². The fraction of sp³-hybridized carbons (Fsp3) is 0.435. The van der Waals surface area contributed by atoms with Crippen LogP contribution < -0.4 is 15.7 Å². The molecule has 29 heavy (non-hydrogen) atoms. The van der Waals surface area contributed by atoms with Crippen molar-refractivity contribution in [3.63, 3.8) is 0 Å². The molecule has 0 saturated heterocycles. The molecule has 0 spiro atoms. The molecule has 3 rings (SSSR count). The molecule has 0 aliphatic rings. The number of fused-ring (bicyclic) bond motifs is 1. The van der Waals surface area contributed by atoms with E-state index >= 15 is 0 Å². The van der Waals surface area contributed by atoms with Crippen LogP contribution in [-0.2, 0) is 20.6 Å². The zero-order valence-corrected chi connectivity index (χ0v) is 17.9. The number of imidazole rings is 1. The van der Waals surface area contributed by atoms with Crippen LogP contribution in [0.2, 0.25) is 0 Å². The highest BCUT2D eigenvalue weighted by Gasteiger charge is 2.14. The Bertz CT molecular complexity index is 1030. The highest BCUT2D eigenvalue weighted by atomic mass is 16.5. The molecule has 1 aromatic heterocycles. The van der Waals surface area contributed by atoms with Crippen LogP contribution in [0.3, 0.4) is 0 Å². The van der Waals surface area contributed by atoms with E-state index < -0.39 is 6.10 Å². The molecule has 6 heteroatoms. The number of hydrogen-bond donors (Lipinski definition) is 2. The van der Waals surface area contributed by atoms with E-state index in [0.717, 1.165) is 35.3 Å². The molecule has 156 valence electrons. The number of nitrogens with zero attached hydrogens (tertiary/aromatic N) is 2. The molecular weight excluding hydrogens is 366 g/mol. The number of aliphatic hydroxyl groups excluding tert-OH is 1. The van der Waals surface area contributed by atoms with E-state index in [9.17, 15) is 9.90 Å². The summed E-state index contributed by atoms with van der Waals surface area (Å²) in [6, 6.07) is 13.4. The second-order valence-corrected chi connectivity index (χ2v) is 8.21. The Balaban J connectivity index is 1.62. The first-order chi connectivity index (χ1) is 13.7. The van der Waals surface area contributed by atoms with Crippen LogP contribution in [-0.4, -0.2) is 26.4 Å². The van der Waals surface area contributed by atoms with Crippen LogP contribution in [0, 0.1) is 0 Å². The van der Waals surface area contributed by atoms with Gasteiger partial charge in [-0.05, 0) is 55.7 Å². The Morgan fingerprint density at radius 3 is 2.38 bits per heavy atom. The second-order valence-electron chi connectivity index (χ2n) is 8.21. The number of ether oxygens (including phenoxy) is 1. The summed E-state index contributed by atoms with van der Waals surface area (Å²) in [5.41, 5.74) is 3.57.